The molecule has 1 aromatic carbocycles. The number of nitrogens with two attached hydrogens (primary N) is 1. The van der Waals surface area contributed by atoms with E-state index in [4.69, 9.17) is 26.8 Å². The highest BCUT2D eigenvalue weighted by Gasteiger charge is 2.11. The molecule has 0 bridgehead atoms. The average molecular weight is 271 g/mol. The summed E-state index contributed by atoms with van der Waals surface area (Å²) < 4.78 is 11.1. The van der Waals surface area contributed by atoms with Crippen LogP contribution in [0.4, 0.5) is 5.69 Å². The second kappa shape index (κ2) is 6.27. The van der Waals surface area contributed by atoms with Crippen molar-refractivity contribution in [3.63, 3.8) is 0 Å². The van der Waals surface area contributed by atoms with Gasteiger partial charge in [0, 0.05) is 42.0 Å². The fourth-order valence-electron chi connectivity index (χ4n) is 1.93. The molecule has 0 amide bonds. The van der Waals surface area contributed by atoms with Crippen LogP contribution >= 0.6 is 11.6 Å². The lowest BCUT2D eigenvalue weighted by atomic mass is 10.2. The van der Waals surface area contributed by atoms with E-state index in [1.165, 1.54) is 0 Å². The van der Waals surface area contributed by atoms with Crippen LogP contribution < -0.4 is 10.5 Å². The molecule has 1 heterocycles. The van der Waals surface area contributed by atoms with Crippen LogP contribution in [0.3, 0.4) is 0 Å². The molecular weight excluding hydrogens is 252 g/mol. The average Bonchev–Trinajstić information content (AvgIpc) is 2.36. The van der Waals surface area contributed by atoms with E-state index in [2.05, 4.69) is 4.90 Å². The number of anilines is 1. The summed E-state index contributed by atoms with van der Waals surface area (Å²) in [6, 6.07) is 3.56. The molecule has 0 spiro atoms. The van der Waals surface area contributed by atoms with Crippen LogP contribution in [-0.4, -0.2) is 44.4 Å². The molecule has 0 atom stereocenters. The lowest BCUT2D eigenvalue weighted by Crippen LogP contribution is -2.38. The Hall–Kier alpha value is -0.970. The Labute approximate surface area is 113 Å². The largest absolute Gasteiger partial charge is 0.492 e. The predicted molar refractivity (Wildman–Crippen MR) is 73.4 cm³/mol. The van der Waals surface area contributed by atoms with Gasteiger partial charge in [-0.15, -0.1) is 0 Å². The lowest BCUT2D eigenvalue weighted by molar-refractivity contribution is 0.0322. The minimum absolute atomic E-state index is 0.631. The highest BCUT2D eigenvalue weighted by Crippen LogP contribution is 2.28. The first-order valence-electron chi connectivity index (χ1n) is 6.15. The maximum atomic E-state index is 6.06. The molecule has 0 aromatic heterocycles. The van der Waals surface area contributed by atoms with Gasteiger partial charge in [0.05, 0.1) is 13.2 Å². The third-order valence-electron chi connectivity index (χ3n) is 3.09. The van der Waals surface area contributed by atoms with Gasteiger partial charge in [0.25, 0.3) is 0 Å². The molecular formula is C13H19ClN2O2. The Morgan fingerprint density at radius 1 is 1.39 bits per heavy atom. The van der Waals surface area contributed by atoms with Crippen molar-refractivity contribution >= 4 is 17.3 Å². The smallest absolute Gasteiger partial charge is 0.125 e. The summed E-state index contributed by atoms with van der Waals surface area (Å²) >= 11 is 6.06. The van der Waals surface area contributed by atoms with E-state index in [9.17, 15) is 0 Å². The number of nitrogen functional groups attached to an aromatic ring is 1. The molecule has 18 heavy (non-hydrogen) atoms. The molecule has 0 unspecified atom stereocenters. The quantitative estimate of drug-likeness (QED) is 0.850. The van der Waals surface area contributed by atoms with Crippen molar-refractivity contribution in [1.29, 1.82) is 0 Å². The maximum absolute atomic E-state index is 6.06. The normalized spacial score (nSPS) is 16.8. The van der Waals surface area contributed by atoms with Crippen molar-refractivity contribution in [2.24, 2.45) is 0 Å². The van der Waals surface area contributed by atoms with Gasteiger partial charge in [-0.05, 0) is 13.0 Å². The first-order valence-corrected chi connectivity index (χ1v) is 6.53. The number of nitrogens with zero attached hydrogens (tertiary/aromatic N) is 1. The molecule has 1 aliphatic heterocycles. The Balaban J connectivity index is 1.86. The van der Waals surface area contributed by atoms with E-state index in [0.717, 1.165) is 44.2 Å². The second-order valence-electron chi connectivity index (χ2n) is 4.43. The monoisotopic (exact) mass is 270 g/mol. The molecule has 2 rings (SSSR count). The SMILES string of the molecule is Cc1c(Cl)cc(N)cc1OCCN1CCOCC1. The summed E-state index contributed by atoms with van der Waals surface area (Å²) in [6.07, 6.45) is 0. The van der Waals surface area contributed by atoms with Crippen LogP contribution in [0.1, 0.15) is 5.56 Å². The summed E-state index contributed by atoms with van der Waals surface area (Å²) in [5.74, 6) is 0.772. The molecule has 100 valence electrons. The molecule has 2 N–H and O–H groups in total. The van der Waals surface area contributed by atoms with Crippen molar-refractivity contribution in [2.45, 2.75) is 6.92 Å². The zero-order chi connectivity index (χ0) is 13.0. The molecule has 1 saturated heterocycles. The second-order valence-corrected chi connectivity index (χ2v) is 4.84. The van der Waals surface area contributed by atoms with E-state index in [1.54, 1.807) is 6.07 Å². The first kappa shape index (κ1) is 13.5. The topological polar surface area (TPSA) is 47.7 Å². The van der Waals surface area contributed by atoms with Crippen molar-refractivity contribution in [3.05, 3.63) is 22.7 Å². The molecule has 0 aliphatic carbocycles. The maximum Gasteiger partial charge on any atom is 0.125 e. The molecule has 4 nitrogen and oxygen atoms in total. The number of halogens is 1. The van der Waals surface area contributed by atoms with Gasteiger partial charge >= 0.3 is 0 Å². The van der Waals surface area contributed by atoms with Crippen molar-refractivity contribution in [3.8, 4) is 5.75 Å². The van der Waals surface area contributed by atoms with Gasteiger partial charge in [0.15, 0.2) is 0 Å². The van der Waals surface area contributed by atoms with E-state index in [0.29, 0.717) is 17.3 Å². The van der Waals surface area contributed by atoms with E-state index < -0.39 is 0 Å². The van der Waals surface area contributed by atoms with Gasteiger partial charge in [-0.25, -0.2) is 0 Å². The zero-order valence-corrected chi connectivity index (χ0v) is 11.4. The highest BCUT2D eigenvalue weighted by molar-refractivity contribution is 6.31. The summed E-state index contributed by atoms with van der Waals surface area (Å²) in [6.45, 7) is 7.04. The number of rotatable bonds is 4. The van der Waals surface area contributed by atoms with E-state index in [1.807, 2.05) is 13.0 Å². The fraction of sp³-hybridized carbons (Fsp3) is 0.538. The van der Waals surface area contributed by atoms with Crippen LogP contribution in [0.15, 0.2) is 12.1 Å². The van der Waals surface area contributed by atoms with Crippen LogP contribution in [-0.2, 0) is 4.74 Å². The van der Waals surface area contributed by atoms with Crippen molar-refractivity contribution < 1.29 is 9.47 Å². The third kappa shape index (κ3) is 3.51. The molecule has 1 fully saturated rings. The summed E-state index contributed by atoms with van der Waals surface area (Å²) in [7, 11) is 0. The number of hydrogen-bond donors (Lipinski definition) is 1. The molecule has 0 radical (unpaired) electrons. The molecule has 5 heteroatoms. The number of morpholine rings is 1. The van der Waals surface area contributed by atoms with E-state index >= 15 is 0 Å². The van der Waals surface area contributed by atoms with E-state index in [-0.39, 0.29) is 0 Å². The van der Waals surface area contributed by atoms with Gasteiger partial charge in [0.1, 0.15) is 12.4 Å². The molecule has 1 aliphatic rings. The van der Waals surface area contributed by atoms with Gasteiger partial charge in [-0.3, -0.25) is 4.90 Å². The summed E-state index contributed by atoms with van der Waals surface area (Å²) in [5.41, 5.74) is 7.32. The standard InChI is InChI=1S/C13H19ClN2O2/c1-10-12(14)8-11(15)9-13(10)18-7-4-16-2-5-17-6-3-16/h8-9H,2-7,15H2,1H3. The number of benzene rings is 1. The minimum atomic E-state index is 0.631. The Morgan fingerprint density at radius 2 is 2.11 bits per heavy atom. The lowest BCUT2D eigenvalue weighted by Gasteiger charge is -2.26. The fourth-order valence-corrected chi connectivity index (χ4v) is 2.15. The Bertz CT molecular complexity index is 406. The number of hydrogen-bond acceptors (Lipinski definition) is 4. The minimum Gasteiger partial charge on any atom is -0.492 e. The Kier molecular flexibility index (Phi) is 4.69. The Morgan fingerprint density at radius 3 is 2.83 bits per heavy atom. The first-order chi connectivity index (χ1) is 8.66. The van der Waals surface area contributed by atoms with Gasteiger partial charge in [-0.1, -0.05) is 11.6 Å². The van der Waals surface area contributed by atoms with Crippen molar-refractivity contribution in [1.82, 2.24) is 4.90 Å². The van der Waals surface area contributed by atoms with Crippen LogP contribution in [0.5, 0.6) is 5.75 Å². The van der Waals surface area contributed by atoms with Crippen molar-refractivity contribution in [2.75, 3.05) is 45.2 Å². The predicted octanol–water partition coefficient (Wildman–Crippen LogP) is 1.94. The highest BCUT2D eigenvalue weighted by atomic mass is 35.5. The van der Waals surface area contributed by atoms with Crippen LogP contribution in [0, 0.1) is 6.92 Å². The number of ether oxygens (including phenoxy) is 2. The van der Waals surface area contributed by atoms with Crippen LogP contribution in [0.25, 0.3) is 0 Å². The van der Waals surface area contributed by atoms with Crippen LogP contribution in [0.2, 0.25) is 5.02 Å². The molecule has 0 saturated carbocycles. The van der Waals surface area contributed by atoms with Gasteiger partial charge in [0.2, 0.25) is 0 Å². The zero-order valence-electron chi connectivity index (χ0n) is 10.6. The van der Waals surface area contributed by atoms with Gasteiger partial charge < -0.3 is 15.2 Å². The summed E-state index contributed by atoms with van der Waals surface area (Å²) in [4.78, 5) is 2.33. The molecule has 1 aromatic rings. The van der Waals surface area contributed by atoms with Gasteiger partial charge in [-0.2, -0.15) is 0 Å². The third-order valence-corrected chi connectivity index (χ3v) is 3.48. The summed E-state index contributed by atoms with van der Waals surface area (Å²) in [5, 5.41) is 0.649.